The van der Waals surface area contributed by atoms with Gasteiger partial charge in [0.25, 0.3) is 0 Å². The molecule has 0 bridgehead atoms. The van der Waals surface area contributed by atoms with Crippen LogP contribution in [0.25, 0.3) is 0 Å². The Balaban J connectivity index is 1.80. The second-order valence-corrected chi connectivity index (χ2v) is 6.94. The van der Waals surface area contributed by atoms with Crippen LogP contribution in [-0.2, 0) is 4.79 Å². The van der Waals surface area contributed by atoms with Crippen molar-refractivity contribution in [2.75, 3.05) is 26.2 Å². The maximum atomic E-state index is 12.3. The molecule has 4 heteroatoms. The summed E-state index contributed by atoms with van der Waals surface area (Å²) >= 11 is 0. The van der Waals surface area contributed by atoms with Crippen LogP contribution in [0.15, 0.2) is 0 Å². The number of piperidine rings is 1. The number of carbonyl (C=O) groups excluding carboxylic acids is 1. The van der Waals surface area contributed by atoms with Crippen molar-refractivity contribution in [3.8, 4) is 0 Å². The molecule has 3 atom stereocenters. The number of hydrogen-bond donors (Lipinski definition) is 2. The summed E-state index contributed by atoms with van der Waals surface area (Å²) in [7, 11) is 0. The molecule has 20 heavy (non-hydrogen) atoms. The Hall–Kier alpha value is -0.610. The molecule has 2 fully saturated rings. The summed E-state index contributed by atoms with van der Waals surface area (Å²) in [4.78, 5) is 14.8. The van der Waals surface area contributed by atoms with Crippen molar-refractivity contribution >= 4 is 5.91 Å². The van der Waals surface area contributed by atoms with E-state index >= 15 is 0 Å². The smallest absolute Gasteiger partial charge is 0.237 e. The van der Waals surface area contributed by atoms with Crippen molar-refractivity contribution < 1.29 is 4.79 Å². The average molecular weight is 281 g/mol. The Morgan fingerprint density at radius 2 is 2.05 bits per heavy atom. The second kappa shape index (κ2) is 7.41. The van der Waals surface area contributed by atoms with Gasteiger partial charge in [-0.1, -0.05) is 20.8 Å². The van der Waals surface area contributed by atoms with E-state index in [0.29, 0.717) is 17.9 Å². The van der Waals surface area contributed by atoms with E-state index in [2.05, 4.69) is 36.3 Å². The molecule has 0 aromatic rings. The van der Waals surface area contributed by atoms with Gasteiger partial charge in [0.05, 0.1) is 6.04 Å². The van der Waals surface area contributed by atoms with E-state index in [1.165, 1.54) is 32.4 Å². The first-order chi connectivity index (χ1) is 9.58. The van der Waals surface area contributed by atoms with Crippen molar-refractivity contribution in [1.29, 1.82) is 0 Å². The first-order valence-corrected chi connectivity index (χ1v) is 8.33. The Morgan fingerprint density at radius 3 is 2.65 bits per heavy atom. The van der Waals surface area contributed by atoms with E-state index in [-0.39, 0.29) is 11.9 Å². The predicted octanol–water partition coefficient (Wildman–Crippen LogP) is 1.61. The molecule has 0 aromatic heterocycles. The van der Waals surface area contributed by atoms with E-state index in [1.807, 2.05) is 0 Å². The number of hydrogen-bond acceptors (Lipinski definition) is 3. The maximum Gasteiger partial charge on any atom is 0.237 e. The van der Waals surface area contributed by atoms with Gasteiger partial charge in [-0.25, -0.2) is 0 Å². The van der Waals surface area contributed by atoms with Crippen molar-refractivity contribution in [1.82, 2.24) is 15.5 Å². The Bertz CT molecular complexity index is 313. The van der Waals surface area contributed by atoms with Crippen LogP contribution in [0, 0.1) is 11.8 Å². The molecule has 0 aromatic carbocycles. The van der Waals surface area contributed by atoms with Gasteiger partial charge < -0.3 is 10.6 Å². The summed E-state index contributed by atoms with van der Waals surface area (Å²) in [6.45, 7) is 10.9. The van der Waals surface area contributed by atoms with Crippen LogP contribution in [0.5, 0.6) is 0 Å². The zero-order valence-electron chi connectivity index (χ0n) is 13.3. The van der Waals surface area contributed by atoms with Crippen molar-refractivity contribution in [2.45, 2.75) is 58.5 Å². The molecule has 2 rings (SSSR count). The molecule has 0 aliphatic carbocycles. The van der Waals surface area contributed by atoms with Crippen LogP contribution in [0.2, 0.25) is 0 Å². The summed E-state index contributed by atoms with van der Waals surface area (Å²) in [5.74, 6) is 1.44. The molecule has 2 saturated heterocycles. The zero-order chi connectivity index (χ0) is 14.5. The molecule has 2 N–H and O–H groups in total. The largest absolute Gasteiger partial charge is 0.353 e. The highest BCUT2D eigenvalue weighted by atomic mass is 16.2. The fourth-order valence-electron chi connectivity index (χ4n) is 3.50. The van der Waals surface area contributed by atoms with E-state index in [0.717, 1.165) is 19.5 Å². The minimum Gasteiger partial charge on any atom is -0.353 e. The molecule has 2 aliphatic heterocycles. The molecule has 3 unspecified atom stereocenters. The lowest BCUT2D eigenvalue weighted by Gasteiger charge is -2.32. The lowest BCUT2D eigenvalue weighted by atomic mass is 9.93. The third-order valence-corrected chi connectivity index (χ3v) is 4.85. The standard InChI is InChI=1S/C16H31N3O/c1-12(2)15(19-8-4-5-9-19)11-18-16(20)14-10-13(3)6-7-17-14/h12-15,17H,4-11H2,1-3H3,(H,18,20). The van der Waals surface area contributed by atoms with Crippen molar-refractivity contribution in [2.24, 2.45) is 11.8 Å². The Labute approximate surface area is 123 Å². The molecule has 2 aliphatic rings. The highest BCUT2D eigenvalue weighted by Crippen LogP contribution is 2.18. The van der Waals surface area contributed by atoms with Gasteiger partial charge in [0.2, 0.25) is 5.91 Å². The van der Waals surface area contributed by atoms with Crippen LogP contribution in [0.1, 0.15) is 46.5 Å². The van der Waals surface area contributed by atoms with Crippen molar-refractivity contribution in [3.05, 3.63) is 0 Å². The molecule has 116 valence electrons. The highest BCUT2D eigenvalue weighted by Gasteiger charge is 2.28. The SMILES string of the molecule is CC1CCNC(C(=O)NCC(C(C)C)N2CCCC2)C1. The first-order valence-electron chi connectivity index (χ1n) is 8.33. The molecule has 2 heterocycles. The van der Waals surface area contributed by atoms with Crippen LogP contribution in [-0.4, -0.2) is 49.1 Å². The van der Waals surface area contributed by atoms with Crippen LogP contribution >= 0.6 is 0 Å². The lowest BCUT2D eigenvalue weighted by molar-refractivity contribution is -0.124. The first kappa shape index (κ1) is 15.8. The molecule has 1 amide bonds. The zero-order valence-corrected chi connectivity index (χ0v) is 13.3. The fraction of sp³-hybridized carbons (Fsp3) is 0.938. The number of nitrogens with zero attached hydrogens (tertiary/aromatic N) is 1. The van der Waals surface area contributed by atoms with E-state index in [9.17, 15) is 4.79 Å². The van der Waals surface area contributed by atoms with Gasteiger partial charge in [-0.15, -0.1) is 0 Å². The number of rotatable bonds is 5. The van der Waals surface area contributed by atoms with Crippen LogP contribution < -0.4 is 10.6 Å². The Kier molecular flexibility index (Phi) is 5.85. The van der Waals surface area contributed by atoms with Crippen LogP contribution in [0.4, 0.5) is 0 Å². The molecular weight excluding hydrogens is 250 g/mol. The summed E-state index contributed by atoms with van der Waals surface area (Å²) in [5, 5.41) is 6.53. The third kappa shape index (κ3) is 4.19. The van der Waals surface area contributed by atoms with Gasteiger partial charge in [0, 0.05) is 12.6 Å². The lowest BCUT2D eigenvalue weighted by Crippen LogP contribution is -2.52. The van der Waals surface area contributed by atoms with Gasteiger partial charge in [-0.3, -0.25) is 9.69 Å². The molecule has 0 saturated carbocycles. The van der Waals surface area contributed by atoms with Gasteiger partial charge in [-0.05, 0) is 57.2 Å². The minimum atomic E-state index is 0.0186. The van der Waals surface area contributed by atoms with Gasteiger partial charge in [-0.2, -0.15) is 0 Å². The summed E-state index contributed by atoms with van der Waals surface area (Å²) in [6, 6.07) is 0.507. The fourth-order valence-corrected chi connectivity index (χ4v) is 3.50. The summed E-state index contributed by atoms with van der Waals surface area (Å²) < 4.78 is 0. The number of likely N-dealkylation sites (tertiary alicyclic amines) is 1. The average Bonchev–Trinajstić information content (AvgIpc) is 2.92. The second-order valence-electron chi connectivity index (χ2n) is 6.94. The van der Waals surface area contributed by atoms with Crippen LogP contribution in [0.3, 0.4) is 0 Å². The molecule has 0 spiro atoms. The number of amides is 1. The van der Waals surface area contributed by atoms with E-state index in [1.54, 1.807) is 0 Å². The maximum absolute atomic E-state index is 12.3. The minimum absolute atomic E-state index is 0.0186. The molecule has 4 nitrogen and oxygen atoms in total. The molecular formula is C16H31N3O. The van der Waals surface area contributed by atoms with Gasteiger partial charge >= 0.3 is 0 Å². The quantitative estimate of drug-likeness (QED) is 0.805. The van der Waals surface area contributed by atoms with E-state index < -0.39 is 0 Å². The Morgan fingerprint density at radius 1 is 1.35 bits per heavy atom. The molecule has 0 radical (unpaired) electrons. The van der Waals surface area contributed by atoms with Gasteiger partial charge in [0.1, 0.15) is 0 Å². The normalized spacial score (nSPS) is 29.6. The third-order valence-electron chi connectivity index (χ3n) is 4.85. The van der Waals surface area contributed by atoms with E-state index in [4.69, 9.17) is 0 Å². The van der Waals surface area contributed by atoms with Crippen molar-refractivity contribution in [3.63, 3.8) is 0 Å². The summed E-state index contributed by atoms with van der Waals surface area (Å²) in [6.07, 6.45) is 4.77. The highest BCUT2D eigenvalue weighted by molar-refractivity contribution is 5.81. The monoisotopic (exact) mass is 281 g/mol. The topological polar surface area (TPSA) is 44.4 Å². The number of carbonyl (C=O) groups is 1. The van der Waals surface area contributed by atoms with Gasteiger partial charge in [0.15, 0.2) is 0 Å². The number of nitrogens with one attached hydrogen (secondary N) is 2. The summed E-state index contributed by atoms with van der Waals surface area (Å²) in [5.41, 5.74) is 0. The predicted molar refractivity (Wildman–Crippen MR) is 82.6 cm³/mol.